The summed E-state index contributed by atoms with van der Waals surface area (Å²) in [5.41, 5.74) is 0. The number of nitrogens with zero attached hydrogens (tertiary/aromatic N) is 1. The third kappa shape index (κ3) is 1.44. The summed E-state index contributed by atoms with van der Waals surface area (Å²) in [5.74, 6) is 0. The first-order valence-corrected chi connectivity index (χ1v) is 3.45. The molecule has 5 heteroatoms. The van der Waals surface area contributed by atoms with Crippen LogP contribution in [-0.2, 0) is 0 Å². The fraction of sp³-hybridized carbons (Fsp3) is 0.833. The summed E-state index contributed by atoms with van der Waals surface area (Å²) in [5, 5.41) is 26.4. The van der Waals surface area contributed by atoms with Crippen molar-refractivity contribution >= 4 is 6.09 Å². The van der Waals surface area contributed by atoms with Gasteiger partial charge < -0.3 is 20.2 Å². The summed E-state index contributed by atoms with van der Waals surface area (Å²) in [6.45, 7) is -0.00477. The van der Waals surface area contributed by atoms with E-state index in [-0.39, 0.29) is 6.61 Å². The van der Waals surface area contributed by atoms with Crippen molar-refractivity contribution in [2.24, 2.45) is 0 Å². The number of hydrogen-bond donors (Lipinski definition) is 3. The van der Waals surface area contributed by atoms with Gasteiger partial charge >= 0.3 is 6.09 Å². The summed E-state index contributed by atoms with van der Waals surface area (Å²) in [4.78, 5) is 11.5. The second-order valence-electron chi connectivity index (χ2n) is 2.58. The van der Waals surface area contributed by atoms with Gasteiger partial charge in [0.05, 0.1) is 18.8 Å². The molecule has 64 valence electrons. The van der Waals surface area contributed by atoms with Gasteiger partial charge in [-0.3, -0.25) is 0 Å². The third-order valence-corrected chi connectivity index (χ3v) is 1.94. The average molecular weight is 161 g/mol. The first-order chi connectivity index (χ1) is 5.16. The molecule has 1 heterocycles. The fourth-order valence-electron chi connectivity index (χ4n) is 1.30. The SMILES string of the molecule is O=C(O)N1CCC(O)C1CO. The lowest BCUT2D eigenvalue weighted by atomic mass is 10.2. The highest BCUT2D eigenvalue weighted by Gasteiger charge is 2.35. The van der Waals surface area contributed by atoms with E-state index in [9.17, 15) is 4.79 Å². The molecule has 2 atom stereocenters. The van der Waals surface area contributed by atoms with Gasteiger partial charge in [0.15, 0.2) is 0 Å². The Morgan fingerprint density at radius 3 is 2.64 bits per heavy atom. The number of carbonyl (C=O) groups is 1. The smallest absolute Gasteiger partial charge is 0.407 e. The Morgan fingerprint density at radius 1 is 1.64 bits per heavy atom. The van der Waals surface area contributed by atoms with Crippen LogP contribution in [0, 0.1) is 0 Å². The van der Waals surface area contributed by atoms with E-state index in [0.29, 0.717) is 13.0 Å². The summed E-state index contributed by atoms with van der Waals surface area (Å²) >= 11 is 0. The second-order valence-corrected chi connectivity index (χ2v) is 2.58. The molecule has 1 fully saturated rings. The Balaban J connectivity index is 2.61. The zero-order valence-corrected chi connectivity index (χ0v) is 5.97. The number of rotatable bonds is 1. The van der Waals surface area contributed by atoms with Crippen LogP contribution in [0.5, 0.6) is 0 Å². The van der Waals surface area contributed by atoms with E-state index in [1.54, 1.807) is 0 Å². The molecule has 1 rings (SSSR count). The number of aliphatic hydroxyl groups is 2. The zero-order valence-electron chi connectivity index (χ0n) is 5.97. The van der Waals surface area contributed by atoms with Crippen molar-refractivity contribution in [1.82, 2.24) is 4.90 Å². The number of amides is 1. The van der Waals surface area contributed by atoms with Gasteiger partial charge in [-0.1, -0.05) is 0 Å². The topological polar surface area (TPSA) is 81.0 Å². The van der Waals surface area contributed by atoms with Gasteiger partial charge in [0.1, 0.15) is 0 Å². The molecule has 0 spiro atoms. The lowest BCUT2D eigenvalue weighted by molar-refractivity contribution is 0.0671. The molecule has 3 N–H and O–H groups in total. The zero-order chi connectivity index (χ0) is 8.43. The van der Waals surface area contributed by atoms with Crippen LogP contribution in [0.25, 0.3) is 0 Å². The molecule has 0 aromatic carbocycles. The van der Waals surface area contributed by atoms with Crippen LogP contribution in [0.1, 0.15) is 6.42 Å². The van der Waals surface area contributed by atoms with Crippen LogP contribution in [0.15, 0.2) is 0 Å². The van der Waals surface area contributed by atoms with Gasteiger partial charge in [-0.2, -0.15) is 0 Å². The summed E-state index contributed by atoms with van der Waals surface area (Å²) < 4.78 is 0. The van der Waals surface area contributed by atoms with Crippen molar-refractivity contribution in [1.29, 1.82) is 0 Å². The molecule has 1 saturated heterocycles. The summed E-state index contributed by atoms with van der Waals surface area (Å²) in [6.07, 6.45) is -1.38. The molecule has 5 nitrogen and oxygen atoms in total. The molecule has 0 bridgehead atoms. The lowest BCUT2D eigenvalue weighted by Gasteiger charge is -2.20. The summed E-state index contributed by atoms with van der Waals surface area (Å²) in [6, 6.07) is -0.632. The maximum Gasteiger partial charge on any atom is 0.407 e. The van der Waals surface area contributed by atoms with Crippen molar-refractivity contribution in [3.8, 4) is 0 Å². The van der Waals surface area contributed by atoms with Gasteiger partial charge in [0, 0.05) is 6.54 Å². The normalized spacial score (nSPS) is 30.9. The standard InChI is InChI=1S/C6H11NO4/c8-3-4-5(9)1-2-7(4)6(10)11/h4-5,8-9H,1-3H2,(H,10,11). The highest BCUT2D eigenvalue weighted by molar-refractivity contribution is 5.66. The maximum atomic E-state index is 10.4. The van der Waals surface area contributed by atoms with E-state index in [2.05, 4.69) is 0 Å². The molecule has 11 heavy (non-hydrogen) atoms. The minimum absolute atomic E-state index is 0.307. The molecular weight excluding hydrogens is 150 g/mol. The molecule has 0 saturated carbocycles. The van der Waals surface area contributed by atoms with Crippen LogP contribution in [-0.4, -0.2) is 51.6 Å². The lowest BCUT2D eigenvalue weighted by Crippen LogP contribution is -2.41. The van der Waals surface area contributed by atoms with Crippen LogP contribution in [0.4, 0.5) is 4.79 Å². The minimum atomic E-state index is -1.08. The number of carboxylic acid groups (broad SMARTS) is 1. The third-order valence-electron chi connectivity index (χ3n) is 1.94. The molecule has 1 aliphatic rings. The van der Waals surface area contributed by atoms with Crippen molar-refractivity contribution in [3.63, 3.8) is 0 Å². The highest BCUT2D eigenvalue weighted by atomic mass is 16.4. The van der Waals surface area contributed by atoms with Crippen LogP contribution >= 0.6 is 0 Å². The molecule has 1 aliphatic heterocycles. The van der Waals surface area contributed by atoms with Crippen molar-refractivity contribution in [2.45, 2.75) is 18.6 Å². The largest absolute Gasteiger partial charge is 0.465 e. The monoisotopic (exact) mass is 161 g/mol. The first kappa shape index (κ1) is 8.29. The van der Waals surface area contributed by atoms with E-state index < -0.39 is 18.2 Å². The van der Waals surface area contributed by atoms with Crippen molar-refractivity contribution in [2.75, 3.05) is 13.2 Å². The number of hydrogen-bond acceptors (Lipinski definition) is 3. The van der Waals surface area contributed by atoms with E-state index in [4.69, 9.17) is 15.3 Å². The molecule has 0 aromatic heterocycles. The van der Waals surface area contributed by atoms with E-state index in [1.807, 2.05) is 0 Å². The van der Waals surface area contributed by atoms with Crippen molar-refractivity contribution < 1.29 is 20.1 Å². The number of aliphatic hydroxyl groups excluding tert-OH is 2. The quantitative estimate of drug-likeness (QED) is 0.465. The Bertz CT molecular complexity index is 161. The predicted molar refractivity (Wildman–Crippen MR) is 36.2 cm³/mol. The molecule has 0 aromatic rings. The van der Waals surface area contributed by atoms with Gasteiger partial charge in [-0.15, -0.1) is 0 Å². The van der Waals surface area contributed by atoms with Gasteiger partial charge in [0.2, 0.25) is 0 Å². The Kier molecular flexibility index (Phi) is 2.31. The second kappa shape index (κ2) is 3.06. The molecule has 1 amide bonds. The van der Waals surface area contributed by atoms with Gasteiger partial charge in [0.25, 0.3) is 0 Å². The van der Waals surface area contributed by atoms with Crippen LogP contribution in [0.3, 0.4) is 0 Å². The maximum absolute atomic E-state index is 10.4. The molecule has 2 unspecified atom stereocenters. The fourth-order valence-corrected chi connectivity index (χ4v) is 1.30. The first-order valence-electron chi connectivity index (χ1n) is 3.45. The van der Waals surface area contributed by atoms with Gasteiger partial charge in [-0.05, 0) is 6.42 Å². The summed E-state index contributed by atoms with van der Waals surface area (Å²) in [7, 11) is 0. The predicted octanol–water partition coefficient (Wildman–Crippen LogP) is -0.908. The minimum Gasteiger partial charge on any atom is -0.465 e. The van der Waals surface area contributed by atoms with Crippen LogP contribution in [0.2, 0.25) is 0 Å². The van der Waals surface area contributed by atoms with E-state index >= 15 is 0 Å². The highest BCUT2D eigenvalue weighted by Crippen LogP contribution is 2.16. The Labute approximate surface area is 63.9 Å². The van der Waals surface area contributed by atoms with Crippen molar-refractivity contribution in [3.05, 3.63) is 0 Å². The molecular formula is C6H11NO4. The Morgan fingerprint density at radius 2 is 2.27 bits per heavy atom. The van der Waals surface area contributed by atoms with E-state index in [0.717, 1.165) is 4.90 Å². The molecule has 0 aliphatic carbocycles. The Hall–Kier alpha value is -0.810. The average Bonchev–Trinajstić information content (AvgIpc) is 2.30. The van der Waals surface area contributed by atoms with E-state index in [1.165, 1.54) is 0 Å². The number of likely N-dealkylation sites (tertiary alicyclic amines) is 1. The van der Waals surface area contributed by atoms with Crippen LogP contribution < -0.4 is 0 Å². The molecule has 0 radical (unpaired) electrons. The van der Waals surface area contributed by atoms with Gasteiger partial charge in [-0.25, -0.2) is 4.79 Å².